The van der Waals surface area contributed by atoms with E-state index in [1.165, 1.54) is 35.3 Å². The molecule has 0 aliphatic carbocycles. The fourth-order valence-corrected chi connectivity index (χ4v) is 3.42. The molecule has 1 unspecified atom stereocenters. The highest BCUT2D eigenvalue weighted by molar-refractivity contribution is 5.93. The lowest BCUT2D eigenvalue weighted by atomic mass is 10.2. The molecular formula is C25H24F3N7O3. The summed E-state index contributed by atoms with van der Waals surface area (Å²) in [6.07, 6.45) is -4.63. The maximum Gasteiger partial charge on any atom is 0.573 e. The summed E-state index contributed by atoms with van der Waals surface area (Å²) in [7, 11) is 1.58. The number of nitrogens with zero attached hydrogens (tertiary/aromatic N) is 4. The molecule has 4 rings (SSSR count). The Hall–Kier alpha value is -4.78. The van der Waals surface area contributed by atoms with Gasteiger partial charge < -0.3 is 30.9 Å². The van der Waals surface area contributed by atoms with Crippen LogP contribution in [0.2, 0.25) is 0 Å². The molecule has 0 aliphatic heterocycles. The predicted octanol–water partition coefficient (Wildman–Crippen LogP) is 4.26. The van der Waals surface area contributed by atoms with Crippen LogP contribution in [-0.4, -0.2) is 45.7 Å². The molecule has 10 nitrogen and oxygen atoms in total. The van der Waals surface area contributed by atoms with E-state index in [1.807, 2.05) is 13.0 Å². The van der Waals surface area contributed by atoms with Crippen molar-refractivity contribution in [3.8, 4) is 28.6 Å². The lowest BCUT2D eigenvalue weighted by molar-refractivity contribution is -0.274. The monoisotopic (exact) mass is 527 g/mol. The average Bonchev–Trinajstić information content (AvgIpc) is 3.35. The number of aliphatic hydroxyl groups is 1. The zero-order chi connectivity index (χ0) is 27.3. The van der Waals surface area contributed by atoms with Crippen LogP contribution in [0.15, 0.2) is 78.0 Å². The Balaban J connectivity index is 1.36. The first kappa shape index (κ1) is 26.3. The van der Waals surface area contributed by atoms with Crippen molar-refractivity contribution in [2.24, 2.45) is 10.7 Å². The number of rotatable bonds is 8. The summed E-state index contributed by atoms with van der Waals surface area (Å²) in [5.41, 5.74) is 9.29. The van der Waals surface area contributed by atoms with Crippen LogP contribution in [0.25, 0.3) is 17.1 Å². The van der Waals surface area contributed by atoms with E-state index in [1.54, 1.807) is 43.5 Å². The zero-order valence-electron chi connectivity index (χ0n) is 20.3. The first-order valence-corrected chi connectivity index (χ1v) is 11.2. The molecule has 0 aliphatic rings. The summed E-state index contributed by atoms with van der Waals surface area (Å²) in [4.78, 5) is 8.24. The summed E-state index contributed by atoms with van der Waals surface area (Å²) >= 11 is 0. The van der Waals surface area contributed by atoms with Crippen molar-refractivity contribution in [3.05, 3.63) is 78.6 Å². The Morgan fingerprint density at radius 2 is 1.74 bits per heavy atom. The third-order valence-corrected chi connectivity index (χ3v) is 5.22. The summed E-state index contributed by atoms with van der Waals surface area (Å²) in [6.45, 7) is 1.88. The van der Waals surface area contributed by atoms with E-state index in [9.17, 15) is 18.3 Å². The van der Waals surface area contributed by atoms with Gasteiger partial charge in [0.15, 0.2) is 11.8 Å². The van der Waals surface area contributed by atoms with E-state index in [4.69, 9.17) is 10.5 Å². The van der Waals surface area contributed by atoms with Gasteiger partial charge in [-0.25, -0.2) is 14.7 Å². The Morgan fingerprint density at radius 3 is 2.37 bits per heavy atom. The van der Waals surface area contributed by atoms with E-state index in [-0.39, 0.29) is 11.7 Å². The number of anilines is 2. The van der Waals surface area contributed by atoms with E-state index in [0.717, 1.165) is 11.3 Å². The largest absolute Gasteiger partial charge is 0.573 e. The van der Waals surface area contributed by atoms with Gasteiger partial charge in [0.05, 0.1) is 12.8 Å². The number of hydrogen-bond donors (Lipinski definition) is 4. The molecule has 198 valence electrons. The number of aliphatic imine (C=N–C) groups is 1. The van der Waals surface area contributed by atoms with Gasteiger partial charge in [-0.3, -0.25) is 0 Å². The molecule has 0 bridgehead atoms. The van der Waals surface area contributed by atoms with E-state index >= 15 is 0 Å². The second kappa shape index (κ2) is 11.1. The van der Waals surface area contributed by atoms with Crippen LogP contribution in [0.3, 0.4) is 0 Å². The molecule has 0 amide bonds. The molecule has 0 fully saturated rings. The third kappa shape index (κ3) is 6.91. The molecule has 13 heteroatoms. The van der Waals surface area contributed by atoms with E-state index < -0.39 is 12.7 Å². The average molecular weight is 528 g/mol. The molecule has 0 saturated carbocycles. The summed E-state index contributed by atoms with van der Waals surface area (Å²) < 4.78 is 47.5. The molecule has 0 spiro atoms. The second-order valence-corrected chi connectivity index (χ2v) is 7.97. The van der Waals surface area contributed by atoms with Crippen molar-refractivity contribution in [1.82, 2.24) is 14.8 Å². The SMILES string of the molecule is COc1ccc(N/C(N)=N/C(O)Nc2ccc(-c3ncn(-c4ccc(OC(F)(F)F)cc4)n3)cc2)c(C)c1. The smallest absolute Gasteiger partial charge is 0.497 e. The van der Waals surface area contributed by atoms with E-state index in [2.05, 4.69) is 30.4 Å². The van der Waals surface area contributed by atoms with Crippen molar-refractivity contribution in [2.75, 3.05) is 17.7 Å². The van der Waals surface area contributed by atoms with Gasteiger partial charge >= 0.3 is 6.36 Å². The fraction of sp³-hybridized carbons (Fsp3) is 0.160. The quantitative estimate of drug-likeness (QED) is 0.152. The molecule has 1 aromatic heterocycles. The van der Waals surface area contributed by atoms with Crippen LogP contribution in [0, 0.1) is 6.92 Å². The number of halogens is 3. The zero-order valence-corrected chi connectivity index (χ0v) is 20.3. The van der Waals surface area contributed by atoms with Gasteiger partial charge in [0.25, 0.3) is 0 Å². The highest BCUT2D eigenvalue weighted by atomic mass is 19.4. The minimum absolute atomic E-state index is 0.0163. The summed E-state index contributed by atoms with van der Waals surface area (Å²) in [5.74, 6) is 0.797. The standard InChI is InChI=1S/C25H24F3N7O3/c1-15-13-20(37-2)11-12-21(15)32-23(29)33-24(36)31-17-5-3-16(4-6-17)22-30-14-35(34-22)18-7-9-19(10-8-18)38-25(26,27)28/h3-14,24,31,36H,1-2H3,(H3,29,32,33). The number of aryl methyl sites for hydroxylation is 1. The van der Waals surface area contributed by atoms with E-state index in [0.29, 0.717) is 28.5 Å². The maximum atomic E-state index is 12.3. The van der Waals surface area contributed by atoms with Crippen LogP contribution in [-0.2, 0) is 0 Å². The van der Waals surface area contributed by atoms with Crippen LogP contribution in [0.5, 0.6) is 11.5 Å². The van der Waals surface area contributed by atoms with Gasteiger partial charge in [-0.2, -0.15) is 0 Å². The van der Waals surface area contributed by atoms with Crippen LogP contribution < -0.4 is 25.8 Å². The van der Waals surface area contributed by atoms with Gasteiger partial charge in [0.1, 0.15) is 17.8 Å². The molecule has 3 aromatic carbocycles. The lowest BCUT2D eigenvalue weighted by Gasteiger charge is -2.13. The molecular weight excluding hydrogens is 503 g/mol. The molecule has 4 aromatic rings. The number of alkyl halides is 3. The maximum absolute atomic E-state index is 12.3. The van der Waals surface area contributed by atoms with Crippen LogP contribution in [0.4, 0.5) is 24.5 Å². The molecule has 1 heterocycles. The molecule has 1 atom stereocenters. The van der Waals surface area contributed by atoms with Gasteiger partial charge in [-0.1, -0.05) is 0 Å². The van der Waals surface area contributed by atoms with Crippen LogP contribution in [0.1, 0.15) is 5.56 Å². The predicted molar refractivity (Wildman–Crippen MR) is 136 cm³/mol. The number of guanidine groups is 1. The first-order chi connectivity index (χ1) is 18.1. The molecule has 0 radical (unpaired) electrons. The number of aliphatic hydroxyl groups excluding tert-OH is 1. The van der Waals surface area contributed by atoms with Gasteiger partial charge in [-0.05, 0) is 79.2 Å². The second-order valence-electron chi connectivity index (χ2n) is 7.97. The number of methoxy groups -OCH3 is 1. The molecule has 38 heavy (non-hydrogen) atoms. The van der Waals surface area contributed by atoms with Gasteiger partial charge in [0.2, 0.25) is 6.35 Å². The first-order valence-electron chi connectivity index (χ1n) is 11.2. The Kier molecular flexibility index (Phi) is 7.67. The Bertz CT molecular complexity index is 1410. The van der Waals surface area contributed by atoms with Crippen molar-refractivity contribution in [3.63, 3.8) is 0 Å². The number of nitrogens with one attached hydrogen (secondary N) is 2. The van der Waals surface area contributed by atoms with Gasteiger partial charge in [-0.15, -0.1) is 18.3 Å². The van der Waals surface area contributed by atoms with Gasteiger partial charge in [0, 0.05) is 16.9 Å². The van der Waals surface area contributed by atoms with Crippen molar-refractivity contribution >= 4 is 17.3 Å². The van der Waals surface area contributed by atoms with Crippen molar-refractivity contribution in [2.45, 2.75) is 19.6 Å². The fourth-order valence-electron chi connectivity index (χ4n) is 3.42. The Labute approximate surface area is 215 Å². The molecule has 5 N–H and O–H groups in total. The number of aromatic nitrogens is 3. The topological polar surface area (TPSA) is 132 Å². The number of ether oxygens (including phenoxy) is 2. The summed E-state index contributed by atoms with van der Waals surface area (Å²) in [6, 6.07) is 17.6. The normalized spacial score (nSPS) is 12.6. The minimum atomic E-state index is -4.76. The number of nitrogens with two attached hydrogens (primary N) is 1. The van der Waals surface area contributed by atoms with Crippen LogP contribution >= 0.6 is 0 Å². The number of hydrogen-bond acceptors (Lipinski definition) is 7. The number of benzene rings is 3. The summed E-state index contributed by atoms with van der Waals surface area (Å²) in [5, 5.41) is 20.4. The van der Waals surface area contributed by atoms with Crippen molar-refractivity contribution in [1.29, 1.82) is 0 Å². The lowest BCUT2D eigenvalue weighted by Crippen LogP contribution is -2.28. The minimum Gasteiger partial charge on any atom is -0.497 e. The third-order valence-electron chi connectivity index (χ3n) is 5.22. The van der Waals surface area contributed by atoms with Crippen molar-refractivity contribution < 1.29 is 27.8 Å². The highest BCUT2D eigenvalue weighted by Gasteiger charge is 2.31. The Morgan fingerprint density at radius 1 is 1.05 bits per heavy atom. The molecule has 0 saturated heterocycles. The highest BCUT2D eigenvalue weighted by Crippen LogP contribution is 2.25.